The van der Waals surface area contributed by atoms with Gasteiger partial charge in [-0.3, -0.25) is 0 Å². The van der Waals surface area contributed by atoms with E-state index < -0.39 is 19.7 Å². The molecule has 13 heteroatoms. The SMILES string of the molecule is C=CCN(C(=S)[S-])C1CCS(=O)(=O)C1.C=CCN(C(=S)[S-])C1CCS(=O)(=O)C1.[Cd+2]. The van der Waals surface area contributed by atoms with Crippen LogP contribution in [0.25, 0.3) is 0 Å². The zero-order chi connectivity index (χ0) is 21.5. The van der Waals surface area contributed by atoms with E-state index in [1.165, 1.54) is 0 Å². The molecule has 2 atom stereocenters. The molecule has 0 spiro atoms. The van der Waals surface area contributed by atoms with Crippen LogP contribution in [0.15, 0.2) is 25.3 Å². The van der Waals surface area contributed by atoms with Crippen molar-refractivity contribution in [3.8, 4) is 0 Å². The summed E-state index contributed by atoms with van der Waals surface area (Å²) < 4.78 is 45.6. The fourth-order valence-electron chi connectivity index (χ4n) is 3.07. The second-order valence-corrected chi connectivity index (χ2v) is 13.0. The molecule has 2 saturated heterocycles. The summed E-state index contributed by atoms with van der Waals surface area (Å²) >= 11 is 19.6. The molecular formula is C16H24CdN2O4S6. The molecule has 0 aromatic rings. The maximum absolute atomic E-state index is 11.2. The first kappa shape index (κ1) is 29.5. The third-order valence-electron chi connectivity index (χ3n) is 4.42. The summed E-state index contributed by atoms with van der Waals surface area (Å²) in [4.78, 5) is 3.50. The zero-order valence-corrected chi connectivity index (χ0v) is 25.0. The molecule has 0 aromatic carbocycles. The molecule has 2 heterocycles. The minimum Gasteiger partial charge on any atom is -0.411 e. The first-order valence-electron chi connectivity index (χ1n) is 8.50. The van der Waals surface area contributed by atoms with Crippen LogP contribution in [0, 0.1) is 0 Å². The van der Waals surface area contributed by atoms with Crippen LogP contribution in [0.3, 0.4) is 0 Å². The average molecular weight is 613 g/mol. The Kier molecular flexibility index (Phi) is 13.4. The summed E-state index contributed by atoms with van der Waals surface area (Å²) in [5, 5.41) is 0. The van der Waals surface area contributed by atoms with Gasteiger partial charge in [0.05, 0.1) is 23.0 Å². The van der Waals surface area contributed by atoms with Gasteiger partial charge in [0.25, 0.3) is 0 Å². The van der Waals surface area contributed by atoms with Gasteiger partial charge in [0.2, 0.25) is 0 Å². The number of rotatable bonds is 6. The van der Waals surface area contributed by atoms with Crippen LogP contribution in [0.4, 0.5) is 0 Å². The molecule has 0 radical (unpaired) electrons. The minimum absolute atomic E-state index is 0. The van der Waals surface area contributed by atoms with E-state index in [0.717, 1.165) is 0 Å². The normalized spacial score (nSPS) is 23.6. The van der Waals surface area contributed by atoms with E-state index in [1.807, 2.05) is 0 Å². The van der Waals surface area contributed by atoms with Crippen LogP contribution in [0.5, 0.6) is 0 Å². The molecule has 2 aliphatic heterocycles. The predicted molar refractivity (Wildman–Crippen MR) is 128 cm³/mol. The number of hydrogen-bond acceptors (Lipinski definition) is 8. The fourth-order valence-corrected chi connectivity index (χ4v) is 7.42. The van der Waals surface area contributed by atoms with E-state index in [1.54, 1.807) is 22.0 Å². The van der Waals surface area contributed by atoms with Gasteiger partial charge in [-0.25, -0.2) is 16.8 Å². The molecule has 2 fully saturated rings. The first-order chi connectivity index (χ1) is 12.9. The Morgan fingerprint density at radius 1 is 0.862 bits per heavy atom. The summed E-state index contributed by atoms with van der Waals surface area (Å²) in [5.74, 6) is 0.807. The standard InChI is InChI=1S/2C8H13NO2S3.Cd/c2*1-2-4-9(8(12)13)7-3-5-14(10,11)6-7;/h2*2,7H,1,3-6H2,(H,12,13);/q;;+2/p-2. The van der Waals surface area contributed by atoms with Crippen molar-refractivity contribution in [2.24, 2.45) is 0 Å². The van der Waals surface area contributed by atoms with E-state index in [2.05, 4.69) is 13.2 Å². The van der Waals surface area contributed by atoms with Gasteiger partial charge in [-0.1, -0.05) is 20.8 Å². The molecule has 0 aliphatic carbocycles. The van der Waals surface area contributed by atoms with Gasteiger partial charge in [0, 0.05) is 25.2 Å². The van der Waals surface area contributed by atoms with E-state index >= 15 is 0 Å². The number of hydrogen-bond donors (Lipinski definition) is 0. The molecule has 0 aromatic heterocycles. The average Bonchev–Trinajstić information content (AvgIpc) is 3.11. The Balaban J connectivity index is 0.000000523. The van der Waals surface area contributed by atoms with Crippen LogP contribution in [0.1, 0.15) is 12.8 Å². The van der Waals surface area contributed by atoms with Crippen molar-refractivity contribution in [2.75, 3.05) is 36.1 Å². The van der Waals surface area contributed by atoms with Crippen molar-refractivity contribution in [1.82, 2.24) is 9.80 Å². The van der Waals surface area contributed by atoms with Gasteiger partial charge < -0.3 is 59.5 Å². The Labute approximate surface area is 216 Å². The van der Waals surface area contributed by atoms with E-state index in [9.17, 15) is 16.8 Å². The molecule has 0 N–H and O–H groups in total. The number of nitrogens with zero attached hydrogens (tertiary/aromatic N) is 2. The molecule has 2 rings (SSSR count). The van der Waals surface area contributed by atoms with Crippen LogP contribution < -0.4 is 0 Å². The van der Waals surface area contributed by atoms with E-state index in [0.29, 0.717) is 34.6 Å². The fraction of sp³-hybridized carbons (Fsp3) is 0.625. The molecule has 0 saturated carbocycles. The van der Waals surface area contributed by atoms with Crippen LogP contribution in [-0.2, 0) is 72.2 Å². The maximum atomic E-state index is 11.2. The third kappa shape index (κ3) is 10.1. The summed E-state index contributed by atoms with van der Waals surface area (Å²) in [6, 6.07) is -0.106. The third-order valence-corrected chi connectivity index (χ3v) is 8.86. The van der Waals surface area contributed by atoms with E-state index in [4.69, 9.17) is 49.7 Å². The topological polar surface area (TPSA) is 74.8 Å². The zero-order valence-electron chi connectivity index (χ0n) is 16.1. The Hall–Kier alpha value is 0.522. The summed E-state index contributed by atoms with van der Waals surface area (Å²) in [6.07, 6.45) is 4.60. The molecule has 2 unspecified atom stereocenters. The second kappa shape index (κ2) is 13.2. The molecular weight excluding hydrogens is 589 g/mol. The number of sulfone groups is 2. The van der Waals surface area contributed by atoms with Gasteiger partial charge >= 0.3 is 27.3 Å². The molecule has 0 bridgehead atoms. The predicted octanol–water partition coefficient (Wildman–Crippen LogP) is 0.984. The molecule has 6 nitrogen and oxygen atoms in total. The van der Waals surface area contributed by atoms with Crippen molar-refractivity contribution in [2.45, 2.75) is 24.9 Å². The summed E-state index contributed by atoms with van der Waals surface area (Å²) in [7, 11) is -5.75. The van der Waals surface area contributed by atoms with Crippen molar-refractivity contribution in [3.63, 3.8) is 0 Å². The van der Waals surface area contributed by atoms with Crippen molar-refractivity contribution < 1.29 is 44.1 Å². The largest absolute Gasteiger partial charge is 2.00 e. The van der Waals surface area contributed by atoms with Gasteiger partial charge in [-0.15, -0.1) is 13.2 Å². The van der Waals surface area contributed by atoms with Crippen LogP contribution in [0.2, 0.25) is 0 Å². The molecule has 160 valence electrons. The number of thiocarbonyl (C=S) groups is 2. The maximum Gasteiger partial charge on any atom is 2.00 e. The van der Waals surface area contributed by atoms with Crippen molar-refractivity contribution in [1.29, 1.82) is 0 Å². The minimum atomic E-state index is -2.87. The van der Waals surface area contributed by atoms with Crippen LogP contribution >= 0.6 is 24.4 Å². The first-order valence-corrected chi connectivity index (χ1v) is 13.8. The van der Waals surface area contributed by atoms with Gasteiger partial charge in [0.15, 0.2) is 19.7 Å². The van der Waals surface area contributed by atoms with Gasteiger partial charge in [-0.2, -0.15) is 0 Å². The Morgan fingerprint density at radius 3 is 1.34 bits per heavy atom. The van der Waals surface area contributed by atoms with Crippen molar-refractivity contribution in [3.05, 3.63) is 25.3 Å². The molecule has 0 amide bonds. The van der Waals surface area contributed by atoms with Gasteiger partial charge in [0.1, 0.15) is 0 Å². The summed E-state index contributed by atoms with van der Waals surface area (Å²) in [5.41, 5.74) is 0. The molecule has 2 aliphatic rings. The van der Waals surface area contributed by atoms with Crippen molar-refractivity contribution >= 4 is 78.0 Å². The summed E-state index contributed by atoms with van der Waals surface area (Å²) in [6.45, 7) is 8.25. The molecule has 29 heavy (non-hydrogen) atoms. The Bertz CT molecular complexity index is 747. The second-order valence-electron chi connectivity index (χ2n) is 6.53. The monoisotopic (exact) mass is 614 g/mol. The van der Waals surface area contributed by atoms with Gasteiger partial charge in [-0.05, 0) is 12.8 Å². The Morgan fingerprint density at radius 2 is 1.17 bits per heavy atom. The quantitative estimate of drug-likeness (QED) is 0.188. The smallest absolute Gasteiger partial charge is 0.411 e. The van der Waals surface area contributed by atoms with Crippen LogP contribution in [-0.4, -0.2) is 83.5 Å². The van der Waals surface area contributed by atoms with E-state index in [-0.39, 0.29) is 62.4 Å².